The highest BCUT2D eigenvalue weighted by Crippen LogP contribution is 2.33. The highest BCUT2D eigenvalue weighted by molar-refractivity contribution is 5.73. The fourth-order valence-corrected chi connectivity index (χ4v) is 1.97. The first-order valence-corrected chi connectivity index (χ1v) is 4.72. The minimum atomic E-state index is -0.248. The molecule has 1 N–H and O–H groups in total. The Kier molecular flexibility index (Phi) is 2.19. The highest BCUT2D eigenvalue weighted by Gasteiger charge is 2.21. The topological polar surface area (TPSA) is 20.2 Å². The molecule has 0 aromatic heterocycles. The van der Waals surface area contributed by atoms with Crippen LogP contribution >= 0.6 is 0 Å². The van der Waals surface area contributed by atoms with E-state index in [9.17, 15) is 5.11 Å². The number of hydrogen-bond donors (Lipinski definition) is 1. The number of rotatable bonds is 1. The van der Waals surface area contributed by atoms with Crippen LogP contribution in [0.3, 0.4) is 0 Å². The molecule has 1 aromatic rings. The second-order valence-electron chi connectivity index (χ2n) is 3.61. The first-order valence-electron chi connectivity index (χ1n) is 4.72. The van der Waals surface area contributed by atoms with Gasteiger partial charge in [-0.05, 0) is 30.9 Å². The van der Waals surface area contributed by atoms with Crippen LogP contribution in [0.1, 0.15) is 25.3 Å². The van der Waals surface area contributed by atoms with Crippen LogP contribution in [-0.4, -0.2) is 11.2 Å². The zero-order valence-electron chi connectivity index (χ0n) is 7.83. The molecule has 1 nitrogen and oxygen atoms in total. The van der Waals surface area contributed by atoms with Crippen molar-refractivity contribution >= 4 is 5.57 Å². The van der Waals surface area contributed by atoms with Gasteiger partial charge >= 0.3 is 0 Å². The Labute approximate surface area is 78.7 Å². The van der Waals surface area contributed by atoms with E-state index in [0.717, 1.165) is 18.4 Å². The van der Waals surface area contributed by atoms with Gasteiger partial charge in [-0.25, -0.2) is 0 Å². The van der Waals surface area contributed by atoms with Crippen LogP contribution in [0, 0.1) is 0 Å². The Bertz CT molecular complexity index is 324. The third kappa shape index (κ3) is 1.52. The molecule has 0 bridgehead atoms. The summed E-state index contributed by atoms with van der Waals surface area (Å²) in [7, 11) is 0. The third-order valence-electron chi connectivity index (χ3n) is 2.67. The molecule has 0 saturated heterocycles. The van der Waals surface area contributed by atoms with Gasteiger partial charge in [0.25, 0.3) is 0 Å². The molecular formula is C12H14O. The summed E-state index contributed by atoms with van der Waals surface area (Å²) in [5.74, 6) is 0. The SMILES string of the molecule is CC1=C(c2ccccc2)C(O)CC1. The van der Waals surface area contributed by atoms with E-state index < -0.39 is 0 Å². The van der Waals surface area contributed by atoms with E-state index in [2.05, 4.69) is 19.1 Å². The van der Waals surface area contributed by atoms with Crippen molar-refractivity contribution in [1.29, 1.82) is 0 Å². The van der Waals surface area contributed by atoms with Crippen LogP contribution in [0.2, 0.25) is 0 Å². The zero-order chi connectivity index (χ0) is 9.26. The number of aliphatic hydroxyl groups excluding tert-OH is 1. The minimum absolute atomic E-state index is 0.248. The van der Waals surface area contributed by atoms with Crippen molar-refractivity contribution in [1.82, 2.24) is 0 Å². The fourth-order valence-electron chi connectivity index (χ4n) is 1.97. The van der Waals surface area contributed by atoms with E-state index in [1.165, 1.54) is 11.1 Å². The molecule has 1 aromatic carbocycles. The Morgan fingerprint density at radius 2 is 1.92 bits per heavy atom. The minimum Gasteiger partial charge on any atom is -0.388 e. The van der Waals surface area contributed by atoms with Crippen molar-refractivity contribution in [3.05, 3.63) is 41.5 Å². The van der Waals surface area contributed by atoms with Crippen molar-refractivity contribution in [2.24, 2.45) is 0 Å². The maximum atomic E-state index is 9.75. The zero-order valence-corrected chi connectivity index (χ0v) is 7.83. The molecule has 0 heterocycles. The van der Waals surface area contributed by atoms with Gasteiger partial charge in [0.2, 0.25) is 0 Å². The molecular weight excluding hydrogens is 160 g/mol. The van der Waals surface area contributed by atoms with Gasteiger partial charge in [-0.15, -0.1) is 0 Å². The predicted molar refractivity (Wildman–Crippen MR) is 54.3 cm³/mol. The van der Waals surface area contributed by atoms with E-state index in [0.29, 0.717) is 0 Å². The number of hydrogen-bond acceptors (Lipinski definition) is 1. The van der Waals surface area contributed by atoms with Gasteiger partial charge in [-0.1, -0.05) is 35.9 Å². The van der Waals surface area contributed by atoms with Crippen LogP contribution in [0.4, 0.5) is 0 Å². The molecule has 1 atom stereocenters. The molecule has 0 spiro atoms. The smallest absolute Gasteiger partial charge is 0.0798 e. The summed E-state index contributed by atoms with van der Waals surface area (Å²) in [6, 6.07) is 10.2. The van der Waals surface area contributed by atoms with Gasteiger partial charge in [0, 0.05) is 0 Å². The van der Waals surface area contributed by atoms with Crippen LogP contribution in [0.25, 0.3) is 5.57 Å². The lowest BCUT2D eigenvalue weighted by Crippen LogP contribution is -2.03. The van der Waals surface area contributed by atoms with Gasteiger partial charge in [0.05, 0.1) is 6.10 Å². The first-order chi connectivity index (χ1) is 6.29. The van der Waals surface area contributed by atoms with Crippen LogP contribution in [0.5, 0.6) is 0 Å². The first kappa shape index (κ1) is 8.52. The summed E-state index contributed by atoms with van der Waals surface area (Å²) >= 11 is 0. The van der Waals surface area contributed by atoms with Crippen molar-refractivity contribution in [3.8, 4) is 0 Å². The summed E-state index contributed by atoms with van der Waals surface area (Å²) in [5, 5.41) is 9.75. The molecule has 0 fully saturated rings. The lowest BCUT2D eigenvalue weighted by atomic mass is 10.0. The fraction of sp³-hybridized carbons (Fsp3) is 0.333. The van der Waals surface area contributed by atoms with Crippen LogP contribution < -0.4 is 0 Å². The van der Waals surface area contributed by atoms with Gasteiger partial charge < -0.3 is 5.11 Å². The average molecular weight is 174 g/mol. The number of allylic oxidation sites excluding steroid dienone is 1. The second-order valence-corrected chi connectivity index (χ2v) is 3.61. The Hall–Kier alpha value is -1.08. The molecule has 1 unspecified atom stereocenters. The van der Waals surface area contributed by atoms with Gasteiger partial charge in [-0.2, -0.15) is 0 Å². The van der Waals surface area contributed by atoms with Crippen molar-refractivity contribution < 1.29 is 5.11 Å². The summed E-state index contributed by atoms with van der Waals surface area (Å²) in [5.41, 5.74) is 3.64. The molecule has 1 heteroatoms. The van der Waals surface area contributed by atoms with E-state index in [1.807, 2.05) is 18.2 Å². The number of benzene rings is 1. The lowest BCUT2D eigenvalue weighted by molar-refractivity contribution is 0.231. The molecule has 13 heavy (non-hydrogen) atoms. The van der Waals surface area contributed by atoms with E-state index in [1.54, 1.807) is 0 Å². The molecule has 0 amide bonds. The Balaban J connectivity index is 2.41. The van der Waals surface area contributed by atoms with Crippen molar-refractivity contribution in [2.75, 3.05) is 0 Å². The maximum absolute atomic E-state index is 9.75. The lowest BCUT2D eigenvalue weighted by Gasteiger charge is -2.09. The van der Waals surface area contributed by atoms with Crippen molar-refractivity contribution in [2.45, 2.75) is 25.9 Å². The summed E-state index contributed by atoms with van der Waals surface area (Å²) in [6.45, 7) is 2.11. The molecule has 0 radical (unpaired) electrons. The summed E-state index contributed by atoms with van der Waals surface area (Å²) < 4.78 is 0. The van der Waals surface area contributed by atoms with E-state index >= 15 is 0 Å². The molecule has 1 aliphatic carbocycles. The normalized spacial score (nSPS) is 22.5. The Morgan fingerprint density at radius 3 is 2.46 bits per heavy atom. The van der Waals surface area contributed by atoms with Crippen molar-refractivity contribution in [3.63, 3.8) is 0 Å². The maximum Gasteiger partial charge on any atom is 0.0798 e. The molecule has 0 aliphatic heterocycles. The largest absolute Gasteiger partial charge is 0.388 e. The average Bonchev–Trinajstić information content (AvgIpc) is 2.48. The summed E-state index contributed by atoms with van der Waals surface area (Å²) in [4.78, 5) is 0. The molecule has 1 aliphatic rings. The Morgan fingerprint density at radius 1 is 1.23 bits per heavy atom. The monoisotopic (exact) mass is 174 g/mol. The van der Waals surface area contributed by atoms with Crippen LogP contribution in [-0.2, 0) is 0 Å². The van der Waals surface area contributed by atoms with Gasteiger partial charge in [0.15, 0.2) is 0 Å². The predicted octanol–water partition coefficient (Wildman–Crippen LogP) is 2.61. The van der Waals surface area contributed by atoms with E-state index in [-0.39, 0.29) is 6.10 Å². The quantitative estimate of drug-likeness (QED) is 0.694. The van der Waals surface area contributed by atoms with Gasteiger partial charge in [-0.3, -0.25) is 0 Å². The standard InChI is InChI=1S/C12H14O/c1-9-7-8-11(13)12(9)10-5-3-2-4-6-10/h2-6,11,13H,7-8H2,1H3. The third-order valence-corrected chi connectivity index (χ3v) is 2.67. The number of aliphatic hydroxyl groups is 1. The molecule has 2 rings (SSSR count). The second kappa shape index (κ2) is 3.35. The van der Waals surface area contributed by atoms with Crippen LogP contribution in [0.15, 0.2) is 35.9 Å². The summed E-state index contributed by atoms with van der Waals surface area (Å²) in [6.07, 6.45) is 1.67. The van der Waals surface area contributed by atoms with Gasteiger partial charge in [0.1, 0.15) is 0 Å². The molecule has 0 saturated carbocycles. The highest BCUT2D eigenvalue weighted by atomic mass is 16.3. The van der Waals surface area contributed by atoms with E-state index in [4.69, 9.17) is 0 Å². The molecule has 68 valence electrons.